The van der Waals surface area contributed by atoms with Gasteiger partial charge in [-0.25, -0.2) is 0 Å². The van der Waals surface area contributed by atoms with Gasteiger partial charge in [0.1, 0.15) is 11.7 Å². The number of carbonyl (C=O) groups excluding carboxylic acids is 2. The number of nitrogens with zero attached hydrogens (tertiary/aromatic N) is 2. The minimum Gasteiger partial charge on any atom is -0.468 e. The summed E-state index contributed by atoms with van der Waals surface area (Å²) in [6.45, 7) is 1.14. The molecule has 158 valence electrons. The Bertz CT molecular complexity index is 957. The molecule has 0 heterocycles. The van der Waals surface area contributed by atoms with Crippen LogP contribution in [-0.2, 0) is 34.7 Å². The maximum atomic E-state index is 12.2. The number of ketones is 1. The summed E-state index contributed by atoms with van der Waals surface area (Å²) in [4.78, 5) is 24.2. The lowest BCUT2D eigenvalue weighted by Crippen LogP contribution is -2.31. The molecule has 0 spiro atoms. The molecule has 28 heavy (non-hydrogen) atoms. The molecular weight excluding hydrogens is 412 g/mol. The molecule has 1 atom stereocenters. The average Bonchev–Trinajstić information content (AvgIpc) is 2.55. The first-order valence-electron chi connectivity index (χ1n) is 7.85. The first-order valence-corrected chi connectivity index (χ1v) is 10.7. The number of hydrogen-bond donors (Lipinski definition) is 2. The molecule has 0 aromatic heterocycles. The van der Waals surface area contributed by atoms with E-state index in [0.717, 1.165) is 22.6 Å². The minimum absolute atomic E-state index is 0.0339. The second-order valence-electron chi connectivity index (χ2n) is 6.15. The zero-order chi connectivity index (χ0) is 21.9. The van der Waals surface area contributed by atoms with Gasteiger partial charge < -0.3 is 4.74 Å². The normalized spacial score (nSPS) is 13.3. The third-order valence-corrected chi connectivity index (χ3v) is 6.55. The molecule has 0 fully saturated rings. The molecule has 0 aliphatic carbocycles. The topological polar surface area (TPSA) is 142 Å². The fraction of sp³-hybridized carbons (Fsp3) is 0.467. The summed E-state index contributed by atoms with van der Waals surface area (Å²) < 4.78 is 59.5. The number of methoxy groups -OCH3 is 1. The molecule has 0 bridgehead atoms. The van der Waals surface area contributed by atoms with E-state index in [-0.39, 0.29) is 16.9 Å². The van der Waals surface area contributed by atoms with Crippen molar-refractivity contribution in [3.63, 3.8) is 0 Å². The summed E-state index contributed by atoms with van der Waals surface area (Å²) in [6.07, 6.45) is 0. The third-order valence-electron chi connectivity index (χ3n) is 3.65. The molecule has 0 aliphatic heterocycles. The van der Waals surface area contributed by atoms with Gasteiger partial charge in [-0.2, -0.15) is 25.4 Å². The van der Waals surface area contributed by atoms with E-state index in [2.05, 4.69) is 14.2 Å². The smallest absolute Gasteiger partial charge is 0.320 e. The van der Waals surface area contributed by atoms with Crippen molar-refractivity contribution in [2.45, 2.75) is 12.8 Å². The van der Waals surface area contributed by atoms with Crippen LogP contribution < -0.4 is 9.44 Å². The Kier molecular flexibility index (Phi) is 7.53. The lowest BCUT2D eigenvalue weighted by molar-refractivity contribution is -0.145. The molecule has 0 saturated heterocycles. The number of hydrogen-bond acceptors (Lipinski definition) is 7. The van der Waals surface area contributed by atoms with Crippen LogP contribution in [0.15, 0.2) is 18.2 Å². The van der Waals surface area contributed by atoms with Crippen molar-refractivity contribution in [3.8, 4) is 0 Å². The number of Topliss-reactive ketones (excluding diaryl/α,β-unsaturated/α-hetero) is 1. The first kappa shape index (κ1) is 23.8. The van der Waals surface area contributed by atoms with Crippen LogP contribution in [0, 0.1) is 0 Å². The van der Waals surface area contributed by atoms with E-state index in [4.69, 9.17) is 0 Å². The largest absolute Gasteiger partial charge is 0.468 e. The first-order chi connectivity index (χ1) is 12.7. The van der Waals surface area contributed by atoms with Gasteiger partial charge in [-0.3, -0.25) is 19.0 Å². The Morgan fingerprint density at radius 3 is 1.89 bits per heavy atom. The average molecular weight is 437 g/mol. The van der Waals surface area contributed by atoms with Crippen molar-refractivity contribution < 1.29 is 31.2 Å². The molecule has 13 heteroatoms. The Hall–Kier alpha value is -2.22. The summed E-state index contributed by atoms with van der Waals surface area (Å²) in [5, 5.41) is 0. The van der Waals surface area contributed by atoms with Crippen LogP contribution in [-0.4, -0.2) is 72.5 Å². The van der Waals surface area contributed by atoms with Crippen molar-refractivity contribution in [3.05, 3.63) is 23.8 Å². The van der Waals surface area contributed by atoms with Gasteiger partial charge in [0, 0.05) is 28.2 Å². The summed E-state index contributed by atoms with van der Waals surface area (Å²) in [5.41, 5.74) is -0.0810. The second-order valence-corrected chi connectivity index (χ2v) is 9.92. The zero-order valence-corrected chi connectivity index (χ0v) is 18.0. The van der Waals surface area contributed by atoms with Gasteiger partial charge in [-0.15, -0.1) is 0 Å². The van der Waals surface area contributed by atoms with Gasteiger partial charge in [-0.1, -0.05) is 0 Å². The quantitative estimate of drug-likeness (QED) is 0.409. The molecule has 0 amide bonds. The highest BCUT2D eigenvalue weighted by Gasteiger charge is 2.31. The second kappa shape index (κ2) is 8.86. The third kappa shape index (κ3) is 5.64. The van der Waals surface area contributed by atoms with Crippen LogP contribution in [0.2, 0.25) is 0 Å². The van der Waals surface area contributed by atoms with E-state index < -0.39 is 38.1 Å². The molecule has 1 aromatic carbocycles. The van der Waals surface area contributed by atoms with E-state index in [1.807, 2.05) is 0 Å². The molecule has 11 nitrogen and oxygen atoms in total. The number of benzene rings is 1. The number of ether oxygens (including phenoxy) is 1. The van der Waals surface area contributed by atoms with Crippen molar-refractivity contribution in [2.75, 3.05) is 44.7 Å². The number of rotatable bonds is 9. The van der Waals surface area contributed by atoms with Crippen LogP contribution in [0.4, 0.5) is 11.4 Å². The predicted molar refractivity (Wildman–Crippen MR) is 104 cm³/mol. The SMILES string of the molecule is COC(=O)[C@H](C(C)=O)c1cc(NS(=O)(=O)N(C)C)ccc1NS(=O)(=O)N(C)C. The van der Waals surface area contributed by atoms with E-state index >= 15 is 0 Å². The summed E-state index contributed by atoms with van der Waals surface area (Å²) in [5.74, 6) is -2.97. The monoisotopic (exact) mass is 436 g/mol. The summed E-state index contributed by atoms with van der Waals surface area (Å²) in [7, 11) is -1.51. The zero-order valence-electron chi connectivity index (χ0n) is 16.4. The van der Waals surface area contributed by atoms with Crippen LogP contribution in [0.3, 0.4) is 0 Å². The lowest BCUT2D eigenvalue weighted by atomic mass is 9.93. The van der Waals surface area contributed by atoms with E-state index in [1.165, 1.54) is 46.4 Å². The molecule has 1 rings (SSSR count). The van der Waals surface area contributed by atoms with E-state index in [9.17, 15) is 26.4 Å². The fourth-order valence-corrected chi connectivity index (χ4v) is 3.31. The predicted octanol–water partition coefficient (Wildman–Crippen LogP) is -0.0312. The van der Waals surface area contributed by atoms with Crippen molar-refractivity contribution in [1.29, 1.82) is 0 Å². The standard InChI is InChI=1S/C15H24N4O7S2/c1-10(20)14(15(21)26-6)12-9-11(16-27(22,23)18(2)3)7-8-13(12)17-28(24,25)19(4)5/h7-9,14,16-17H,1-6H3/t14-/m1/s1. The molecule has 0 radical (unpaired) electrons. The number of esters is 1. The molecular formula is C15H24N4O7S2. The highest BCUT2D eigenvalue weighted by atomic mass is 32.2. The Morgan fingerprint density at radius 2 is 1.46 bits per heavy atom. The van der Waals surface area contributed by atoms with Gasteiger partial charge in [-0.05, 0) is 30.7 Å². The van der Waals surface area contributed by atoms with Crippen LogP contribution >= 0.6 is 0 Å². The Balaban J connectivity index is 3.60. The van der Waals surface area contributed by atoms with Crippen LogP contribution in [0.5, 0.6) is 0 Å². The Morgan fingerprint density at radius 1 is 0.964 bits per heavy atom. The van der Waals surface area contributed by atoms with Gasteiger partial charge in [0.25, 0.3) is 0 Å². The van der Waals surface area contributed by atoms with Gasteiger partial charge in [0.15, 0.2) is 0 Å². The molecule has 1 aromatic rings. The van der Waals surface area contributed by atoms with Gasteiger partial charge >= 0.3 is 26.4 Å². The van der Waals surface area contributed by atoms with Crippen molar-refractivity contribution >= 4 is 43.5 Å². The van der Waals surface area contributed by atoms with Gasteiger partial charge in [0.05, 0.1) is 18.5 Å². The minimum atomic E-state index is -3.95. The van der Waals surface area contributed by atoms with Crippen molar-refractivity contribution in [2.24, 2.45) is 0 Å². The number of anilines is 2. The Labute approximate surface area is 165 Å². The lowest BCUT2D eigenvalue weighted by Gasteiger charge is -2.21. The number of nitrogens with one attached hydrogen (secondary N) is 2. The summed E-state index contributed by atoms with van der Waals surface area (Å²) in [6, 6.07) is 3.76. The number of carbonyl (C=O) groups is 2. The maximum Gasteiger partial charge on any atom is 0.320 e. The van der Waals surface area contributed by atoms with Crippen molar-refractivity contribution in [1.82, 2.24) is 8.61 Å². The maximum absolute atomic E-state index is 12.2. The van der Waals surface area contributed by atoms with Crippen LogP contribution in [0.25, 0.3) is 0 Å². The molecule has 0 unspecified atom stereocenters. The highest BCUT2D eigenvalue weighted by Crippen LogP contribution is 2.31. The van der Waals surface area contributed by atoms with E-state index in [0.29, 0.717) is 0 Å². The molecule has 0 saturated carbocycles. The highest BCUT2D eigenvalue weighted by molar-refractivity contribution is 7.90. The van der Waals surface area contributed by atoms with Crippen LogP contribution in [0.1, 0.15) is 18.4 Å². The van der Waals surface area contributed by atoms with E-state index in [1.54, 1.807) is 0 Å². The molecule has 0 aliphatic rings. The fourth-order valence-electron chi connectivity index (χ4n) is 2.06. The molecule has 2 N–H and O–H groups in total. The van der Waals surface area contributed by atoms with Gasteiger partial charge in [0.2, 0.25) is 0 Å². The summed E-state index contributed by atoms with van der Waals surface area (Å²) >= 11 is 0.